The maximum Gasteiger partial charge on any atom is 0.0814 e. The molecule has 1 unspecified atom stereocenters. The predicted molar refractivity (Wildman–Crippen MR) is 42.5 cm³/mol. The van der Waals surface area contributed by atoms with Crippen LogP contribution in [0.25, 0.3) is 0 Å². The molecule has 0 rings (SSSR count). The van der Waals surface area contributed by atoms with Crippen LogP contribution in [0.2, 0.25) is 0 Å². The number of aliphatic hydroxyl groups is 2. The van der Waals surface area contributed by atoms with E-state index in [4.69, 9.17) is 10.2 Å². The van der Waals surface area contributed by atoms with Gasteiger partial charge in [0.05, 0.1) is 20.1 Å². The van der Waals surface area contributed by atoms with Crippen molar-refractivity contribution >= 4 is 8.41 Å². The van der Waals surface area contributed by atoms with E-state index in [-0.39, 0.29) is 8.41 Å². The van der Waals surface area contributed by atoms with Crippen LogP contribution in [0.3, 0.4) is 0 Å². The SMILES string of the molecule is B.CC(O)CC(C)(C)O. The van der Waals surface area contributed by atoms with Gasteiger partial charge in [-0.2, -0.15) is 0 Å². The molecule has 56 valence electrons. The fraction of sp³-hybridized carbons (Fsp3) is 1.00. The molecule has 0 bridgehead atoms. The molecule has 1 atom stereocenters. The molecule has 2 nitrogen and oxygen atoms in total. The number of hydrogen-bond acceptors (Lipinski definition) is 2. The van der Waals surface area contributed by atoms with Gasteiger partial charge in [-0.25, -0.2) is 0 Å². The molecule has 0 aromatic carbocycles. The fourth-order valence-corrected chi connectivity index (χ4v) is 0.723. The Morgan fingerprint density at radius 3 is 1.78 bits per heavy atom. The molecule has 0 saturated carbocycles. The summed E-state index contributed by atoms with van der Waals surface area (Å²) in [6.45, 7) is 5.03. The summed E-state index contributed by atoms with van der Waals surface area (Å²) in [6, 6.07) is 0. The highest BCUT2D eigenvalue weighted by atomic mass is 16.3. The van der Waals surface area contributed by atoms with Gasteiger partial charge in [-0.3, -0.25) is 0 Å². The van der Waals surface area contributed by atoms with Gasteiger partial charge in [0.25, 0.3) is 0 Å². The molecule has 0 fully saturated rings. The van der Waals surface area contributed by atoms with Crippen molar-refractivity contribution < 1.29 is 10.2 Å². The lowest BCUT2D eigenvalue weighted by molar-refractivity contribution is 0.0249. The molecule has 0 radical (unpaired) electrons. The molecule has 0 heterocycles. The van der Waals surface area contributed by atoms with Crippen molar-refractivity contribution in [2.45, 2.75) is 38.9 Å². The van der Waals surface area contributed by atoms with Crippen LogP contribution in [0.15, 0.2) is 0 Å². The lowest BCUT2D eigenvalue weighted by atomic mass is 10.0. The highest BCUT2D eigenvalue weighted by Crippen LogP contribution is 2.09. The topological polar surface area (TPSA) is 40.5 Å². The Balaban J connectivity index is 0. The van der Waals surface area contributed by atoms with Crippen LogP contribution in [0, 0.1) is 0 Å². The Morgan fingerprint density at radius 1 is 1.44 bits per heavy atom. The third kappa shape index (κ3) is 11.5. The van der Waals surface area contributed by atoms with Crippen molar-refractivity contribution in [2.75, 3.05) is 0 Å². The van der Waals surface area contributed by atoms with Crippen molar-refractivity contribution in [1.29, 1.82) is 0 Å². The third-order valence-corrected chi connectivity index (χ3v) is 0.795. The van der Waals surface area contributed by atoms with Crippen LogP contribution >= 0.6 is 0 Å². The van der Waals surface area contributed by atoms with Crippen LogP contribution in [0.5, 0.6) is 0 Å². The van der Waals surface area contributed by atoms with E-state index in [2.05, 4.69) is 0 Å². The van der Waals surface area contributed by atoms with E-state index in [0.717, 1.165) is 0 Å². The van der Waals surface area contributed by atoms with Crippen LogP contribution in [-0.2, 0) is 0 Å². The van der Waals surface area contributed by atoms with Gasteiger partial charge in [0, 0.05) is 6.42 Å². The number of rotatable bonds is 2. The average molecular weight is 132 g/mol. The van der Waals surface area contributed by atoms with E-state index in [9.17, 15) is 0 Å². The van der Waals surface area contributed by atoms with E-state index < -0.39 is 11.7 Å². The molecule has 0 aliphatic heterocycles. The summed E-state index contributed by atoms with van der Waals surface area (Å²) < 4.78 is 0. The summed E-state index contributed by atoms with van der Waals surface area (Å²) in [7, 11) is 0. The first kappa shape index (κ1) is 11.7. The van der Waals surface area contributed by atoms with E-state index in [1.165, 1.54) is 0 Å². The zero-order chi connectivity index (χ0) is 6.78. The first-order valence-corrected chi connectivity index (χ1v) is 2.82. The second kappa shape index (κ2) is 3.91. The summed E-state index contributed by atoms with van der Waals surface area (Å²) in [5, 5.41) is 17.8. The molecular weight excluding hydrogens is 115 g/mol. The Bertz CT molecular complexity index is 65.9. The normalized spacial score (nSPS) is 14.3. The largest absolute Gasteiger partial charge is 0.393 e. The van der Waals surface area contributed by atoms with Crippen LogP contribution in [0.4, 0.5) is 0 Å². The van der Waals surface area contributed by atoms with Crippen molar-refractivity contribution in [3.8, 4) is 0 Å². The maximum atomic E-state index is 9.03. The smallest absolute Gasteiger partial charge is 0.0814 e. The van der Waals surface area contributed by atoms with Gasteiger partial charge in [-0.05, 0) is 20.8 Å². The monoisotopic (exact) mass is 132 g/mol. The quantitative estimate of drug-likeness (QED) is 0.490. The summed E-state index contributed by atoms with van der Waals surface area (Å²) in [6.07, 6.45) is 0.0301. The molecule has 2 N–H and O–H groups in total. The maximum absolute atomic E-state index is 9.03. The van der Waals surface area contributed by atoms with Crippen molar-refractivity contribution in [3.05, 3.63) is 0 Å². The molecule has 3 heteroatoms. The highest BCUT2D eigenvalue weighted by molar-refractivity contribution is 5.75. The van der Waals surface area contributed by atoms with Crippen molar-refractivity contribution in [1.82, 2.24) is 0 Å². The van der Waals surface area contributed by atoms with Crippen LogP contribution < -0.4 is 0 Å². The molecule has 0 aliphatic rings. The summed E-state index contributed by atoms with van der Waals surface area (Å²) in [5.74, 6) is 0. The number of hydrogen-bond donors (Lipinski definition) is 2. The predicted octanol–water partition coefficient (Wildman–Crippen LogP) is -0.656. The van der Waals surface area contributed by atoms with Gasteiger partial charge in [0.2, 0.25) is 0 Å². The third-order valence-electron chi connectivity index (χ3n) is 0.795. The van der Waals surface area contributed by atoms with E-state index in [1.807, 2.05) is 0 Å². The molecule has 0 amide bonds. The van der Waals surface area contributed by atoms with Gasteiger partial charge in [0.1, 0.15) is 0 Å². The Kier molecular flexibility index (Phi) is 5.10. The number of aliphatic hydroxyl groups excluding tert-OH is 1. The van der Waals surface area contributed by atoms with Gasteiger partial charge in [-0.1, -0.05) is 0 Å². The van der Waals surface area contributed by atoms with Crippen LogP contribution in [-0.4, -0.2) is 30.3 Å². The van der Waals surface area contributed by atoms with E-state index in [0.29, 0.717) is 6.42 Å². The summed E-state index contributed by atoms with van der Waals surface area (Å²) in [5.41, 5.74) is -0.728. The van der Waals surface area contributed by atoms with Crippen LogP contribution in [0.1, 0.15) is 27.2 Å². The standard InChI is InChI=1S/C6H14O2.BH3/c1-5(7)4-6(2,3)8;/h5,7-8H,4H2,1-3H3;1H3. The Labute approximate surface area is 58.5 Å². The first-order chi connectivity index (χ1) is 3.42. The minimum absolute atomic E-state index is 0. The molecule has 9 heavy (non-hydrogen) atoms. The second-order valence-electron chi connectivity index (χ2n) is 2.87. The molecule has 0 aliphatic carbocycles. The lowest BCUT2D eigenvalue weighted by Gasteiger charge is -2.17. The average Bonchev–Trinajstić information content (AvgIpc) is 1.21. The molecule has 0 spiro atoms. The highest BCUT2D eigenvalue weighted by Gasteiger charge is 2.14. The second-order valence-corrected chi connectivity index (χ2v) is 2.87. The van der Waals surface area contributed by atoms with Gasteiger partial charge in [0.15, 0.2) is 0 Å². The molecule has 0 saturated heterocycles. The zero-order valence-corrected chi connectivity index (χ0v) is 5.68. The van der Waals surface area contributed by atoms with E-state index in [1.54, 1.807) is 20.8 Å². The molecule has 0 aromatic heterocycles. The molecule has 0 aromatic rings. The van der Waals surface area contributed by atoms with Gasteiger partial charge >= 0.3 is 0 Å². The van der Waals surface area contributed by atoms with E-state index >= 15 is 0 Å². The van der Waals surface area contributed by atoms with Crippen molar-refractivity contribution in [3.63, 3.8) is 0 Å². The summed E-state index contributed by atoms with van der Waals surface area (Å²) in [4.78, 5) is 0. The lowest BCUT2D eigenvalue weighted by Crippen LogP contribution is -2.24. The van der Waals surface area contributed by atoms with Gasteiger partial charge < -0.3 is 10.2 Å². The van der Waals surface area contributed by atoms with Crippen molar-refractivity contribution in [2.24, 2.45) is 0 Å². The Hall–Kier alpha value is -0.0151. The minimum Gasteiger partial charge on any atom is -0.393 e. The van der Waals surface area contributed by atoms with Gasteiger partial charge in [-0.15, -0.1) is 0 Å². The zero-order valence-electron chi connectivity index (χ0n) is 5.68. The fourth-order valence-electron chi connectivity index (χ4n) is 0.723. The molecular formula is C6H17BO2. The minimum atomic E-state index is -0.728. The summed E-state index contributed by atoms with van der Waals surface area (Å²) >= 11 is 0. The Morgan fingerprint density at radius 2 is 1.78 bits per heavy atom. The first-order valence-electron chi connectivity index (χ1n) is 2.82.